The van der Waals surface area contributed by atoms with Gasteiger partial charge in [0.2, 0.25) is 0 Å². The Labute approximate surface area is 220 Å². The van der Waals surface area contributed by atoms with Gasteiger partial charge in [0.05, 0.1) is 18.0 Å². The molecular formula is C28H23F6N3O2. The highest BCUT2D eigenvalue weighted by atomic mass is 19.4. The van der Waals surface area contributed by atoms with Gasteiger partial charge in [-0.25, -0.2) is 18.2 Å². The molecule has 5 rings (SSSR count). The quantitative estimate of drug-likeness (QED) is 0.346. The van der Waals surface area contributed by atoms with Crippen molar-refractivity contribution in [2.75, 3.05) is 22.9 Å². The van der Waals surface area contributed by atoms with E-state index in [9.17, 15) is 36.2 Å². The first-order valence-corrected chi connectivity index (χ1v) is 12.3. The van der Waals surface area contributed by atoms with E-state index >= 15 is 0 Å². The summed E-state index contributed by atoms with van der Waals surface area (Å²) in [5, 5.41) is 9.70. The van der Waals surface area contributed by atoms with Crippen molar-refractivity contribution < 1.29 is 36.2 Å². The zero-order valence-electron chi connectivity index (χ0n) is 20.4. The monoisotopic (exact) mass is 547 g/mol. The number of amidine groups is 1. The highest BCUT2D eigenvalue weighted by Crippen LogP contribution is 2.45. The number of carboxylic acids is 1. The number of rotatable bonds is 5. The lowest BCUT2D eigenvalue weighted by Gasteiger charge is -2.43. The molecule has 3 aromatic carbocycles. The molecule has 1 saturated heterocycles. The van der Waals surface area contributed by atoms with Gasteiger partial charge in [-0.2, -0.15) is 13.2 Å². The molecule has 1 atom stereocenters. The molecule has 0 spiro atoms. The highest BCUT2D eigenvalue weighted by molar-refractivity contribution is 6.04. The number of carbonyl (C=O) groups is 1. The first-order chi connectivity index (χ1) is 18.5. The second-order valence-electron chi connectivity index (χ2n) is 9.53. The smallest absolute Gasteiger partial charge is 0.419 e. The van der Waals surface area contributed by atoms with Gasteiger partial charge in [0.25, 0.3) is 0 Å². The summed E-state index contributed by atoms with van der Waals surface area (Å²) in [5.74, 6) is -3.91. The van der Waals surface area contributed by atoms with Crippen molar-refractivity contribution in [1.82, 2.24) is 0 Å². The maximum absolute atomic E-state index is 14.9. The summed E-state index contributed by atoms with van der Waals surface area (Å²) in [5.41, 5.74) is -0.642. The molecule has 3 aromatic rings. The molecule has 0 amide bonds. The fourth-order valence-electron chi connectivity index (χ4n) is 5.28. The van der Waals surface area contributed by atoms with E-state index in [4.69, 9.17) is 0 Å². The van der Waals surface area contributed by atoms with E-state index in [1.807, 2.05) is 4.90 Å². The normalized spacial score (nSPS) is 18.1. The van der Waals surface area contributed by atoms with Gasteiger partial charge < -0.3 is 14.9 Å². The molecule has 1 N–H and O–H groups in total. The van der Waals surface area contributed by atoms with Crippen molar-refractivity contribution in [2.24, 2.45) is 10.9 Å². The van der Waals surface area contributed by atoms with Gasteiger partial charge in [-0.05, 0) is 61.4 Å². The number of piperidine rings is 1. The SMILES string of the molecule is O=C(O)CC1c2cccc(F)c2N=C(C2CCN(c3ccc(F)cc3)CC2)N1c1ccc(F)c(C(F)(F)F)c1. The maximum atomic E-state index is 14.9. The number of carboxylic acid groups (broad SMARTS) is 1. The Bertz CT molecular complexity index is 1420. The van der Waals surface area contributed by atoms with Gasteiger partial charge >= 0.3 is 12.1 Å². The lowest BCUT2D eigenvalue weighted by Crippen LogP contribution is -2.46. The van der Waals surface area contributed by atoms with Crippen LogP contribution in [0.1, 0.15) is 36.4 Å². The van der Waals surface area contributed by atoms with Crippen LogP contribution in [0.15, 0.2) is 65.7 Å². The average molecular weight is 547 g/mol. The van der Waals surface area contributed by atoms with Gasteiger partial charge in [-0.15, -0.1) is 0 Å². The molecule has 11 heteroatoms. The second kappa shape index (κ2) is 10.3. The summed E-state index contributed by atoms with van der Waals surface area (Å²) in [7, 11) is 0. The zero-order chi connectivity index (χ0) is 27.9. The maximum Gasteiger partial charge on any atom is 0.419 e. The van der Waals surface area contributed by atoms with Crippen molar-refractivity contribution in [3.63, 3.8) is 0 Å². The Kier molecular flexibility index (Phi) is 7.00. The van der Waals surface area contributed by atoms with E-state index in [2.05, 4.69) is 4.99 Å². The van der Waals surface area contributed by atoms with Crippen LogP contribution in [-0.2, 0) is 11.0 Å². The summed E-state index contributed by atoms with van der Waals surface area (Å²) in [6.07, 6.45) is -4.62. The van der Waals surface area contributed by atoms with Crippen LogP contribution < -0.4 is 9.80 Å². The molecule has 0 radical (unpaired) electrons. The predicted octanol–water partition coefficient (Wildman–Crippen LogP) is 7.11. The average Bonchev–Trinajstić information content (AvgIpc) is 2.89. The summed E-state index contributed by atoms with van der Waals surface area (Å²) in [6, 6.07) is 11.4. The van der Waals surface area contributed by atoms with Crippen molar-refractivity contribution in [1.29, 1.82) is 0 Å². The van der Waals surface area contributed by atoms with Gasteiger partial charge in [0, 0.05) is 35.9 Å². The van der Waals surface area contributed by atoms with Crippen LogP contribution in [0.2, 0.25) is 0 Å². The molecule has 5 nitrogen and oxygen atoms in total. The number of anilines is 2. The largest absolute Gasteiger partial charge is 0.481 e. The summed E-state index contributed by atoms with van der Waals surface area (Å²) >= 11 is 0. The summed E-state index contributed by atoms with van der Waals surface area (Å²) in [4.78, 5) is 19.8. The number of alkyl halides is 3. The molecule has 0 aromatic heterocycles. The minimum absolute atomic E-state index is 0.0610. The minimum atomic E-state index is -4.99. The van der Waals surface area contributed by atoms with E-state index in [1.54, 1.807) is 12.1 Å². The molecule has 2 heterocycles. The Morgan fingerprint density at radius 1 is 0.923 bits per heavy atom. The van der Waals surface area contributed by atoms with Crippen molar-refractivity contribution in [3.05, 3.63) is 89.2 Å². The summed E-state index contributed by atoms with van der Waals surface area (Å²) < 4.78 is 83.3. The molecular weight excluding hydrogens is 524 g/mol. The van der Waals surface area contributed by atoms with Gasteiger partial charge in [-0.1, -0.05) is 12.1 Å². The van der Waals surface area contributed by atoms with Gasteiger partial charge in [0.15, 0.2) is 0 Å². The molecule has 1 fully saturated rings. The van der Waals surface area contributed by atoms with E-state index in [0.29, 0.717) is 38.1 Å². The molecule has 0 bridgehead atoms. The Balaban J connectivity index is 1.58. The number of benzene rings is 3. The molecule has 0 saturated carbocycles. The first-order valence-electron chi connectivity index (χ1n) is 12.3. The zero-order valence-corrected chi connectivity index (χ0v) is 20.4. The molecule has 0 aliphatic carbocycles. The molecule has 39 heavy (non-hydrogen) atoms. The van der Waals surface area contributed by atoms with Gasteiger partial charge in [0.1, 0.15) is 29.0 Å². The van der Waals surface area contributed by atoms with Crippen LogP contribution in [0.25, 0.3) is 0 Å². The lowest BCUT2D eigenvalue weighted by molar-refractivity contribution is -0.140. The first kappa shape index (κ1) is 26.6. The van der Waals surface area contributed by atoms with Crippen LogP contribution in [-0.4, -0.2) is 30.0 Å². The number of aliphatic carboxylic acids is 1. The number of hydrogen-bond donors (Lipinski definition) is 1. The number of aliphatic imine (C=N–C) groups is 1. The number of halogens is 6. The van der Waals surface area contributed by atoms with Crippen LogP contribution in [0.4, 0.5) is 43.4 Å². The van der Waals surface area contributed by atoms with E-state index in [1.165, 1.54) is 35.2 Å². The van der Waals surface area contributed by atoms with Crippen LogP contribution in [0, 0.1) is 23.4 Å². The van der Waals surface area contributed by atoms with Crippen LogP contribution in [0.5, 0.6) is 0 Å². The number of para-hydroxylation sites is 1. The van der Waals surface area contributed by atoms with E-state index < -0.39 is 41.8 Å². The fraction of sp³-hybridized carbons (Fsp3) is 0.286. The lowest BCUT2D eigenvalue weighted by atomic mass is 9.89. The van der Waals surface area contributed by atoms with E-state index in [0.717, 1.165) is 11.8 Å². The second-order valence-corrected chi connectivity index (χ2v) is 9.53. The van der Waals surface area contributed by atoms with Crippen LogP contribution >= 0.6 is 0 Å². The standard InChI is InChI=1S/C28H23F6N3O2/c29-17-4-6-18(7-5-17)36-12-10-16(11-13-36)27-35-26-20(2-1-3-23(26)31)24(15-25(38)39)37(27)19-8-9-22(30)21(14-19)28(32,33)34/h1-9,14,16,24H,10-13,15H2,(H,38,39). The summed E-state index contributed by atoms with van der Waals surface area (Å²) in [6.45, 7) is 0.988. The number of fused-ring (bicyclic) bond motifs is 1. The van der Waals surface area contributed by atoms with Crippen molar-refractivity contribution in [2.45, 2.75) is 31.5 Å². The van der Waals surface area contributed by atoms with Crippen molar-refractivity contribution >= 4 is 28.9 Å². The predicted molar refractivity (Wildman–Crippen MR) is 134 cm³/mol. The molecule has 2 aliphatic heterocycles. The molecule has 2 aliphatic rings. The number of hydrogen-bond acceptors (Lipinski definition) is 4. The third-order valence-corrected chi connectivity index (χ3v) is 7.12. The third-order valence-electron chi connectivity index (χ3n) is 7.12. The topological polar surface area (TPSA) is 56.1 Å². The van der Waals surface area contributed by atoms with E-state index in [-0.39, 0.29) is 34.5 Å². The van der Waals surface area contributed by atoms with Gasteiger partial charge in [-0.3, -0.25) is 4.79 Å². The third kappa shape index (κ3) is 5.30. The molecule has 204 valence electrons. The Morgan fingerprint density at radius 2 is 1.59 bits per heavy atom. The highest BCUT2D eigenvalue weighted by Gasteiger charge is 2.40. The fourth-order valence-corrected chi connectivity index (χ4v) is 5.28. The van der Waals surface area contributed by atoms with Crippen LogP contribution in [0.3, 0.4) is 0 Å². The Morgan fingerprint density at radius 3 is 2.23 bits per heavy atom. The minimum Gasteiger partial charge on any atom is -0.481 e. The Hall–Kier alpha value is -4.02. The molecule has 1 unspecified atom stereocenters. The number of nitrogens with zero attached hydrogens (tertiary/aromatic N) is 3. The van der Waals surface area contributed by atoms with Crippen molar-refractivity contribution in [3.8, 4) is 0 Å².